The van der Waals surface area contributed by atoms with Gasteiger partial charge in [0.25, 0.3) is 0 Å². The number of nitrogens with zero attached hydrogens (tertiary/aromatic N) is 4. The van der Waals surface area contributed by atoms with E-state index in [1.165, 1.54) is 6.42 Å². The molecule has 8 heteroatoms. The second kappa shape index (κ2) is 7.94. The van der Waals surface area contributed by atoms with E-state index in [1.807, 2.05) is 23.6 Å². The number of esters is 1. The molecule has 0 aromatic carbocycles. The Labute approximate surface area is 172 Å². The molecule has 1 saturated heterocycles. The van der Waals surface area contributed by atoms with E-state index in [-0.39, 0.29) is 18.5 Å². The Balaban J connectivity index is 1.15. The van der Waals surface area contributed by atoms with Crippen LogP contribution in [0, 0.1) is 0 Å². The normalized spacial score (nSPS) is 19.3. The highest BCUT2D eigenvalue weighted by molar-refractivity contribution is 7.17. The van der Waals surface area contributed by atoms with Gasteiger partial charge < -0.3 is 14.4 Å². The van der Waals surface area contributed by atoms with E-state index in [0.29, 0.717) is 18.5 Å². The lowest BCUT2D eigenvalue weighted by Gasteiger charge is -2.25. The van der Waals surface area contributed by atoms with Gasteiger partial charge in [0.2, 0.25) is 5.88 Å². The highest BCUT2D eigenvalue weighted by Gasteiger charge is 2.28. The quantitative estimate of drug-likeness (QED) is 0.577. The zero-order valence-electron chi connectivity index (χ0n) is 16.0. The van der Waals surface area contributed by atoms with Gasteiger partial charge in [-0.2, -0.15) is 0 Å². The number of ether oxygens (including phenoxy) is 2. The first-order chi connectivity index (χ1) is 14.2. The van der Waals surface area contributed by atoms with Gasteiger partial charge in [-0.15, -0.1) is 11.3 Å². The number of fused-ring (bicyclic) bond motifs is 1. The second-order valence-corrected chi connectivity index (χ2v) is 8.45. The fourth-order valence-electron chi connectivity index (χ4n) is 3.66. The van der Waals surface area contributed by atoms with E-state index >= 15 is 0 Å². The summed E-state index contributed by atoms with van der Waals surface area (Å²) in [5.41, 5.74) is 1.79. The fraction of sp³-hybridized carbons (Fsp3) is 0.429. The van der Waals surface area contributed by atoms with Crippen molar-refractivity contribution in [3.63, 3.8) is 0 Å². The van der Waals surface area contributed by atoms with E-state index in [9.17, 15) is 4.79 Å². The fourth-order valence-corrected chi connectivity index (χ4v) is 4.52. The maximum absolute atomic E-state index is 12.4. The van der Waals surface area contributed by atoms with Crippen molar-refractivity contribution >= 4 is 33.3 Å². The lowest BCUT2D eigenvalue weighted by Crippen LogP contribution is -2.26. The molecule has 29 heavy (non-hydrogen) atoms. The minimum Gasteiger partial charge on any atom is -0.474 e. The summed E-state index contributed by atoms with van der Waals surface area (Å²) in [5, 5.41) is 2.02. The molecule has 5 rings (SSSR count). The Kier molecular flexibility index (Phi) is 5.01. The number of thiophene rings is 1. The predicted octanol–water partition coefficient (Wildman–Crippen LogP) is 3.38. The van der Waals surface area contributed by atoms with Crippen molar-refractivity contribution in [3.05, 3.63) is 41.7 Å². The van der Waals surface area contributed by atoms with Crippen molar-refractivity contribution in [2.75, 3.05) is 18.0 Å². The number of anilines is 1. The zero-order chi connectivity index (χ0) is 19.6. The Morgan fingerprint density at radius 3 is 2.86 bits per heavy atom. The summed E-state index contributed by atoms with van der Waals surface area (Å²) in [6, 6.07) is 5.71. The third-order valence-corrected chi connectivity index (χ3v) is 6.35. The van der Waals surface area contributed by atoms with Gasteiger partial charge in [-0.05, 0) is 36.3 Å². The Morgan fingerprint density at radius 1 is 1.14 bits per heavy atom. The third kappa shape index (κ3) is 4.03. The maximum Gasteiger partial charge on any atom is 0.310 e. The number of rotatable bonds is 6. The summed E-state index contributed by atoms with van der Waals surface area (Å²) < 4.78 is 12.5. The van der Waals surface area contributed by atoms with Gasteiger partial charge in [0.15, 0.2) is 0 Å². The number of hydrogen-bond acceptors (Lipinski definition) is 8. The number of carbonyl (C=O) groups excluding carboxylic acids is 1. The molecule has 0 bridgehead atoms. The standard InChI is InChI=1S/C21H22N4O3S/c26-19(10-14-4-5-18(22-11-14)27-15-2-1-3-15)28-16-6-8-25(12-16)21-20-17(7-9-29-20)23-13-24-21/h4-5,7,9,11,13,15-16H,1-3,6,8,10,12H2. The van der Waals surface area contributed by atoms with Gasteiger partial charge in [-0.3, -0.25) is 4.79 Å². The Morgan fingerprint density at radius 2 is 2.07 bits per heavy atom. The molecule has 1 atom stereocenters. The van der Waals surface area contributed by atoms with Crippen LogP contribution in [0.1, 0.15) is 31.2 Å². The largest absolute Gasteiger partial charge is 0.474 e. The zero-order valence-corrected chi connectivity index (χ0v) is 16.8. The Hall–Kier alpha value is -2.74. The van der Waals surface area contributed by atoms with Crippen molar-refractivity contribution < 1.29 is 14.3 Å². The van der Waals surface area contributed by atoms with Crippen LogP contribution in [0.4, 0.5) is 5.82 Å². The van der Waals surface area contributed by atoms with Crippen LogP contribution >= 0.6 is 11.3 Å². The van der Waals surface area contributed by atoms with Crippen LogP contribution < -0.4 is 9.64 Å². The van der Waals surface area contributed by atoms with Crippen molar-refractivity contribution in [3.8, 4) is 5.88 Å². The predicted molar refractivity (Wildman–Crippen MR) is 110 cm³/mol. The van der Waals surface area contributed by atoms with E-state index in [1.54, 1.807) is 23.9 Å². The number of carbonyl (C=O) groups is 1. The molecule has 2 aliphatic rings. The monoisotopic (exact) mass is 410 g/mol. The summed E-state index contributed by atoms with van der Waals surface area (Å²) in [6.45, 7) is 1.47. The molecule has 0 amide bonds. The van der Waals surface area contributed by atoms with Gasteiger partial charge in [-0.25, -0.2) is 15.0 Å². The third-order valence-electron chi connectivity index (χ3n) is 5.45. The summed E-state index contributed by atoms with van der Waals surface area (Å²) in [5.74, 6) is 1.33. The lowest BCUT2D eigenvalue weighted by molar-refractivity contribution is -0.147. The van der Waals surface area contributed by atoms with Gasteiger partial charge in [0.1, 0.15) is 24.4 Å². The average Bonchev–Trinajstić information content (AvgIpc) is 3.35. The number of aromatic nitrogens is 3. The lowest BCUT2D eigenvalue weighted by atomic mass is 9.96. The van der Waals surface area contributed by atoms with Gasteiger partial charge in [0, 0.05) is 25.2 Å². The smallest absolute Gasteiger partial charge is 0.310 e. The summed E-state index contributed by atoms with van der Waals surface area (Å²) in [6.07, 6.45) is 7.91. The SMILES string of the molecule is O=C(Cc1ccc(OC2CCC2)nc1)OC1CCN(c2ncnc3ccsc23)C1. The molecule has 7 nitrogen and oxygen atoms in total. The minimum atomic E-state index is -0.227. The van der Waals surface area contributed by atoms with E-state index in [2.05, 4.69) is 19.9 Å². The highest BCUT2D eigenvalue weighted by Crippen LogP contribution is 2.30. The van der Waals surface area contributed by atoms with Crippen LogP contribution in [-0.4, -0.2) is 46.2 Å². The highest BCUT2D eigenvalue weighted by atomic mass is 32.1. The molecule has 1 aliphatic carbocycles. The second-order valence-electron chi connectivity index (χ2n) is 7.53. The van der Waals surface area contributed by atoms with E-state index in [0.717, 1.165) is 47.4 Å². The van der Waals surface area contributed by atoms with Crippen LogP contribution in [-0.2, 0) is 16.0 Å². The summed E-state index contributed by atoms with van der Waals surface area (Å²) in [4.78, 5) is 27.6. The van der Waals surface area contributed by atoms with Crippen molar-refractivity contribution in [2.45, 2.75) is 44.3 Å². The molecule has 150 valence electrons. The van der Waals surface area contributed by atoms with E-state index in [4.69, 9.17) is 9.47 Å². The molecular weight excluding hydrogens is 388 g/mol. The molecule has 1 aliphatic heterocycles. The van der Waals surface area contributed by atoms with Gasteiger partial charge >= 0.3 is 5.97 Å². The topological polar surface area (TPSA) is 77.4 Å². The van der Waals surface area contributed by atoms with Crippen LogP contribution in [0.25, 0.3) is 10.2 Å². The Bertz CT molecular complexity index is 1000. The molecule has 4 heterocycles. The first-order valence-electron chi connectivity index (χ1n) is 9.99. The van der Waals surface area contributed by atoms with E-state index < -0.39 is 0 Å². The molecule has 0 N–H and O–H groups in total. The first kappa shape index (κ1) is 18.3. The van der Waals surface area contributed by atoms with Crippen LogP contribution in [0.3, 0.4) is 0 Å². The van der Waals surface area contributed by atoms with Crippen molar-refractivity contribution in [2.24, 2.45) is 0 Å². The van der Waals surface area contributed by atoms with Crippen LogP contribution in [0.15, 0.2) is 36.1 Å². The summed E-state index contributed by atoms with van der Waals surface area (Å²) >= 11 is 1.64. The number of hydrogen-bond donors (Lipinski definition) is 0. The molecule has 0 radical (unpaired) electrons. The minimum absolute atomic E-state index is 0.123. The molecule has 1 saturated carbocycles. The molecular formula is C21H22N4O3S. The average molecular weight is 410 g/mol. The molecule has 2 fully saturated rings. The van der Waals surface area contributed by atoms with Crippen LogP contribution in [0.2, 0.25) is 0 Å². The van der Waals surface area contributed by atoms with Gasteiger partial charge in [-0.1, -0.05) is 6.07 Å². The van der Waals surface area contributed by atoms with Crippen LogP contribution in [0.5, 0.6) is 5.88 Å². The first-order valence-corrected chi connectivity index (χ1v) is 10.9. The molecule has 0 spiro atoms. The number of pyridine rings is 1. The molecule has 3 aromatic heterocycles. The summed E-state index contributed by atoms with van der Waals surface area (Å²) in [7, 11) is 0. The molecule has 3 aromatic rings. The van der Waals surface area contributed by atoms with Gasteiger partial charge in [0.05, 0.1) is 23.2 Å². The van der Waals surface area contributed by atoms with Crippen molar-refractivity contribution in [1.29, 1.82) is 0 Å². The molecule has 1 unspecified atom stereocenters. The van der Waals surface area contributed by atoms with Crippen molar-refractivity contribution in [1.82, 2.24) is 15.0 Å². The maximum atomic E-state index is 12.4.